The fourth-order valence-corrected chi connectivity index (χ4v) is 3.16. The first-order valence-corrected chi connectivity index (χ1v) is 9.84. The number of carbonyl (C=O) groups is 5. The molecular formula is C21H24FNO10. The highest BCUT2D eigenvalue weighted by atomic mass is 19.1. The lowest BCUT2D eigenvalue weighted by Gasteiger charge is -2.44. The molecule has 1 amide bonds. The molecule has 1 heterocycles. The molecule has 5 atom stereocenters. The number of benzene rings is 1. The summed E-state index contributed by atoms with van der Waals surface area (Å²) in [4.78, 5) is 59.3. The van der Waals surface area contributed by atoms with E-state index in [-0.39, 0.29) is 5.56 Å². The molecule has 1 fully saturated rings. The third kappa shape index (κ3) is 7.52. The predicted octanol–water partition coefficient (Wildman–Crippen LogP) is 0.639. The van der Waals surface area contributed by atoms with Crippen LogP contribution in [-0.4, -0.2) is 67.0 Å². The Morgan fingerprint density at radius 3 is 1.91 bits per heavy atom. The Kier molecular flexibility index (Phi) is 8.85. The summed E-state index contributed by atoms with van der Waals surface area (Å²) in [6, 6.07) is 3.21. The molecule has 0 unspecified atom stereocenters. The van der Waals surface area contributed by atoms with Crippen molar-refractivity contribution in [1.29, 1.82) is 0 Å². The van der Waals surface area contributed by atoms with Crippen LogP contribution in [0.2, 0.25) is 0 Å². The number of hydrogen-bond donors (Lipinski definition) is 1. The number of hydrogen-bond acceptors (Lipinski definition) is 10. The largest absolute Gasteiger partial charge is 0.463 e. The SMILES string of the molecule is CC(=O)OC[C@@H]1O[C@H](OC(C)=O)[C@H](NC(=O)c2ccc(F)cc2)[C@H](OC(C)=O)[C@@H]1OC(C)=O. The Morgan fingerprint density at radius 1 is 0.848 bits per heavy atom. The zero-order valence-corrected chi connectivity index (χ0v) is 18.4. The molecule has 0 saturated carbocycles. The Labute approximate surface area is 188 Å². The first-order valence-electron chi connectivity index (χ1n) is 9.84. The van der Waals surface area contributed by atoms with Crippen molar-refractivity contribution in [2.75, 3.05) is 6.61 Å². The Bertz CT molecular complexity index is 903. The van der Waals surface area contributed by atoms with Crippen LogP contribution in [0.4, 0.5) is 4.39 Å². The van der Waals surface area contributed by atoms with E-state index in [0.717, 1.165) is 39.8 Å². The minimum Gasteiger partial charge on any atom is -0.463 e. The molecule has 0 aromatic heterocycles. The van der Waals surface area contributed by atoms with Crippen LogP contribution in [-0.2, 0) is 42.9 Å². The summed E-state index contributed by atoms with van der Waals surface area (Å²) in [5.41, 5.74) is 0.0469. The van der Waals surface area contributed by atoms with Gasteiger partial charge in [-0.15, -0.1) is 0 Å². The monoisotopic (exact) mass is 469 g/mol. The van der Waals surface area contributed by atoms with E-state index < -0.39 is 72.9 Å². The molecule has 1 aromatic rings. The van der Waals surface area contributed by atoms with E-state index in [1.165, 1.54) is 12.1 Å². The summed E-state index contributed by atoms with van der Waals surface area (Å²) < 4.78 is 39.6. The average molecular weight is 469 g/mol. The summed E-state index contributed by atoms with van der Waals surface area (Å²) in [6.45, 7) is 3.98. The second-order valence-corrected chi connectivity index (χ2v) is 7.11. The van der Waals surface area contributed by atoms with Crippen LogP contribution in [0, 0.1) is 5.82 Å². The fourth-order valence-electron chi connectivity index (χ4n) is 3.16. The van der Waals surface area contributed by atoms with Gasteiger partial charge in [-0.25, -0.2) is 4.39 Å². The summed E-state index contributed by atoms with van der Waals surface area (Å²) in [5, 5.41) is 2.51. The molecule has 0 spiro atoms. The summed E-state index contributed by atoms with van der Waals surface area (Å²) in [6.07, 6.45) is -5.44. The third-order valence-corrected chi connectivity index (χ3v) is 4.39. The van der Waals surface area contributed by atoms with Gasteiger partial charge in [-0.3, -0.25) is 24.0 Å². The Balaban J connectivity index is 2.44. The van der Waals surface area contributed by atoms with Gasteiger partial charge in [0.1, 0.15) is 24.6 Å². The lowest BCUT2D eigenvalue weighted by atomic mass is 9.95. The van der Waals surface area contributed by atoms with Gasteiger partial charge < -0.3 is 29.0 Å². The lowest BCUT2D eigenvalue weighted by molar-refractivity contribution is -0.270. The van der Waals surface area contributed by atoms with E-state index in [1.54, 1.807) is 0 Å². The Morgan fingerprint density at radius 2 is 1.39 bits per heavy atom. The second-order valence-electron chi connectivity index (χ2n) is 7.11. The number of amides is 1. The van der Waals surface area contributed by atoms with Crippen molar-refractivity contribution < 1.29 is 52.0 Å². The third-order valence-electron chi connectivity index (χ3n) is 4.39. The second kappa shape index (κ2) is 11.4. The number of nitrogens with one attached hydrogen (secondary N) is 1. The molecule has 12 heteroatoms. The number of halogens is 1. The predicted molar refractivity (Wildman–Crippen MR) is 106 cm³/mol. The van der Waals surface area contributed by atoms with Crippen molar-refractivity contribution in [3.63, 3.8) is 0 Å². The van der Waals surface area contributed by atoms with Crippen LogP contribution >= 0.6 is 0 Å². The minimum atomic E-state index is -1.51. The molecule has 2 rings (SSSR count). The number of ether oxygens (including phenoxy) is 5. The maximum Gasteiger partial charge on any atom is 0.305 e. The zero-order chi connectivity index (χ0) is 24.7. The van der Waals surface area contributed by atoms with Gasteiger partial charge in [0.05, 0.1) is 0 Å². The van der Waals surface area contributed by atoms with Gasteiger partial charge in [-0.05, 0) is 24.3 Å². The van der Waals surface area contributed by atoms with Gasteiger partial charge in [-0.1, -0.05) is 0 Å². The molecule has 1 saturated heterocycles. The average Bonchev–Trinajstić information content (AvgIpc) is 2.70. The number of rotatable bonds is 7. The summed E-state index contributed by atoms with van der Waals surface area (Å²) in [5.74, 6) is -4.33. The highest BCUT2D eigenvalue weighted by Crippen LogP contribution is 2.28. The van der Waals surface area contributed by atoms with Crippen molar-refractivity contribution in [2.24, 2.45) is 0 Å². The van der Waals surface area contributed by atoms with Crippen LogP contribution in [0.15, 0.2) is 24.3 Å². The number of carbonyl (C=O) groups excluding carboxylic acids is 5. The molecule has 11 nitrogen and oxygen atoms in total. The first-order chi connectivity index (χ1) is 15.5. The quantitative estimate of drug-likeness (QED) is 0.446. The van der Waals surface area contributed by atoms with Gasteiger partial charge in [0.15, 0.2) is 12.2 Å². The van der Waals surface area contributed by atoms with E-state index in [4.69, 9.17) is 23.7 Å². The highest BCUT2D eigenvalue weighted by Gasteiger charge is 2.52. The molecule has 1 N–H and O–H groups in total. The van der Waals surface area contributed by atoms with Gasteiger partial charge in [0, 0.05) is 33.3 Å². The van der Waals surface area contributed by atoms with E-state index in [9.17, 15) is 28.4 Å². The van der Waals surface area contributed by atoms with Crippen LogP contribution in [0.1, 0.15) is 38.1 Å². The molecule has 1 aliphatic heterocycles. The molecule has 0 radical (unpaired) electrons. The summed E-state index contributed by atoms with van der Waals surface area (Å²) >= 11 is 0. The fraction of sp³-hybridized carbons (Fsp3) is 0.476. The standard InChI is InChI=1S/C21H24FNO10/c1-10(24)29-9-16-18(30-11(2)25)19(31-12(3)26)17(21(33-16)32-13(4)27)23-20(28)14-5-7-15(22)8-6-14/h5-8,16-19,21H,9H2,1-4H3,(H,23,28)/t16-,17+,18+,19-,21-/m0/s1. The normalized spacial score (nSPS) is 24.2. The molecule has 1 aromatic carbocycles. The molecule has 0 bridgehead atoms. The smallest absolute Gasteiger partial charge is 0.305 e. The van der Waals surface area contributed by atoms with Gasteiger partial charge in [0.25, 0.3) is 5.91 Å². The number of esters is 4. The van der Waals surface area contributed by atoms with Crippen LogP contribution in [0.3, 0.4) is 0 Å². The topological polar surface area (TPSA) is 144 Å². The van der Waals surface area contributed by atoms with Crippen LogP contribution < -0.4 is 5.32 Å². The maximum absolute atomic E-state index is 13.2. The van der Waals surface area contributed by atoms with E-state index >= 15 is 0 Å². The maximum atomic E-state index is 13.2. The van der Waals surface area contributed by atoms with E-state index in [2.05, 4.69) is 5.32 Å². The van der Waals surface area contributed by atoms with Crippen LogP contribution in [0.5, 0.6) is 0 Å². The molecule has 0 aliphatic carbocycles. The minimum absolute atomic E-state index is 0.0469. The van der Waals surface area contributed by atoms with Gasteiger partial charge in [0.2, 0.25) is 6.29 Å². The highest BCUT2D eigenvalue weighted by molar-refractivity contribution is 5.94. The van der Waals surface area contributed by atoms with Crippen molar-refractivity contribution in [3.05, 3.63) is 35.6 Å². The van der Waals surface area contributed by atoms with E-state index in [1.807, 2.05) is 0 Å². The van der Waals surface area contributed by atoms with Crippen molar-refractivity contribution in [2.45, 2.75) is 58.3 Å². The molecule has 33 heavy (non-hydrogen) atoms. The van der Waals surface area contributed by atoms with Crippen molar-refractivity contribution in [1.82, 2.24) is 5.32 Å². The van der Waals surface area contributed by atoms with Gasteiger partial charge >= 0.3 is 23.9 Å². The first kappa shape index (κ1) is 25.7. The lowest BCUT2D eigenvalue weighted by Crippen LogP contribution is -2.67. The van der Waals surface area contributed by atoms with Crippen molar-refractivity contribution in [3.8, 4) is 0 Å². The Hall–Kier alpha value is -3.54. The van der Waals surface area contributed by atoms with Crippen LogP contribution in [0.25, 0.3) is 0 Å². The van der Waals surface area contributed by atoms with E-state index in [0.29, 0.717) is 0 Å². The molecule has 1 aliphatic rings. The van der Waals surface area contributed by atoms with Crippen molar-refractivity contribution >= 4 is 29.8 Å². The molecule has 180 valence electrons. The summed E-state index contributed by atoms with van der Waals surface area (Å²) in [7, 11) is 0. The molecular weight excluding hydrogens is 445 g/mol. The van der Waals surface area contributed by atoms with Gasteiger partial charge in [-0.2, -0.15) is 0 Å². The zero-order valence-electron chi connectivity index (χ0n) is 18.4.